The molecule has 0 N–H and O–H groups in total. The molecule has 0 aromatic heterocycles. The molecule has 1 aromatic rings. The zero-order chi connectivity index (χ0) is 31.8. The van der Waals surface area contributed by atoms with E-state index in [0.29, 0.717) is 0 Å². The number of hydrogen-bond acceptors (Lipinski definition) is 3. The van der Waals surface area contributed by atoms with Crippen molar-refractivity contribution in [3.05, 3.63) is 29.8 Å². The lowest BCUT2D eigenvalue weighted by molar-refractivity contribution is -0.461. The Morgan fingerprint density at radius 3 is 1.40 bits per heavy atom. The average molecular weight is 626 g/mol. The molecule has 0 saturated carbocycles. The van der Waals surface area contributed by atoms with Gasteiger partial charge in [-0.2, -0.15) is 74.6 Å². The summed E-state index contributed by atoms with van der Waals surface area (Å²) in [7, 11) is 1.05. The predicted molar refractivity (Wildman–Crippen MR) is 97.8 cm³/mol. The van der Waals surface area contributed by atoms with Gasteiger partial charge in [-0.15, -0.1) is 0 Å². The first-order valence-corrected chi connectivity index (χ1v) is 10.2. The summed E-state index contributed by atoms with van der Waals surface area (Å²) in [5, 5.41) is 0. The Balaban J connectivity index is 3.06. The number of halogens is 17. The number of alkyl halides is 17. The molecule has 0 aliphatic carbocycles. The number of benzene rings is 1. The maximum atomic E-state index is 13.8. The maximum absolute atomic E-state index is 13.8. The highest BCUT2D eigenvalue weighted by molar-refractivity contribution is 5.89. The fourth-order valence-electron chi connectivity index (χ4n) is 2.80. The summed E-state index contributed by atoms with van der Waals surface area (Å²) in [5.41, 5.74) is 0.0277. The van der Waals surface area contributed by atoms with E-state index in [1.54, 1.807) is 0 Å². The molecule has 20 heteroatoms. The molecule has 0 unspecified atom stereocenters. The molecule has 0 radical (unpaired) electrons. The summed E-state index contributed by atoms with van der Waals surface area (Å²) in [6.07, 6.45) is -12.3. The fraction of sp³-hybridized carbons (Fsp3) is 0.650. The monoisotopic (exact) mass is 626 g/mol. The lowest BCUT2D eigenvalue weighted by atomic mass is 9.88. The minimum Gasteiger partial charge on any atom is -0.494 e. The van der Waals surface area contributed by atoms with Gasteiger partial charge in [0.05, 0.1) is 19.3 Å². The van der Waals surface area contributed by atoms with Crippen molar-refractivity contribution < 1.29 is 88.9 Å². The SMILES string of the molecule is COC(=O)c1ccc(OCCCCC(F)(F)C(F)(F)C(F)(F)C(F)(F)C(F)(F)C(F)(F)C(F)(F)C(F)(F)F)cc1. The number of rotatable bonds is 13. The van der Waals surface area contributed by atoms with Crippen molar-refractivity contribution in [2.75, 3.05) is 13.7 Å². The van der Waals surface area contributed by atoms with Crippen LogP contribution >= 0.6 is 0 Å². The number of carbonyl (C=O) groups is 1. The number of unbranched alkanes of at least 4 members (excludes halogenated alkanes) is 1. The van der Waals surface area contributed by atoms with Gasteiger partial charge in [-0.1, -0.05) is 0 Å². The summed E-state index contributed by atoms with van der Waals surface area (Å²) in [5.74, 6) is -57.1. The van der Waals surface area contributed by atoms with Crippen LogP contribution < -0.4 is 4.74 Å². The minimum absolute atomic E-state index is 0.0277. The molecule has 1 rings (SSSR count). The first kappa shape index (κ1) is 35.3. The van der Waals surface area contributed by atoms with E-state index in [1.165, 1.54) is 0 Å². The summed E-state index contributed by atoms with van der Waals surface area (Å²) < 4.78 is 234. The third-order valence-corrected chi connectivity index (χ3v) is 5.22. The van der Waals surface area contributed by atoms with Crippen molar-refractivity contribution in [1.82, 2.24) is 0 Å². The minimum atomic E-state index is -8.64. The van der Waals surface area contributed by atoms with Crippen LogP contribution in [0.2, 0.25) is 0 Å². The molecule has 0 aliphatic rings. The lowest BCUT2D eigenvalue weighted by Crippen LogP contribution is -2.74. The number of carbonyl (C=O) groups excluding carboxylic acids is 1. The molecule has 0 amide bonds. The van der Waals surface area contributed by atoms with Crippen molar-refractivity contribution in [2.45, 2.75) is 66.9 Å². The van der Waals surface area contributed by atoms with Gasteiger partial charge < -0.3 is 9.47 Å². The molecule has 0 aliphatic heterocycles. The predicted octanol–water partition coefficient (Wildman–Crippen LogP) is 8.03. The van der Waals surface area contributed by atoms with Crippen LogP contribution in [0.25, 0.3) is 0 Å². The van der Waals surface area contributed by atoms with Gasteiger partial charge in [-0.05, 0) is 37.1 Å². The van der Waals surface area contributed by atoms with Gasteiger partial charge in [0.15, 0.2) is 0 Å². The largest absolute Gasteiger partial charge is 0.494 e. The van der Waals surface area contributed by atoms with E-state index in [1.807, 2.05) is 0 Å². The highest BCUT2D eigenvalue weighted by Gasteiger charge is 2.95. The molecule has 3 nitrogen and oxygen atoms in total. The molecule has 40 heavy (non-hydrogen) atoms. The lowest BCUT2D eigenvalue weighted by Gasteiger charge is -2.42. The molecule has 0 atom stereocenters. The number of hydrogen-bond donors (Lipinski definition) is 0. The summed E-state index contributed by atoms with van der Waals surface area (Å²) >= 11 is 0. The van der Waals surface area contributed by atoms with E-state index in [-0.39, 0.29) is 11.3 Å². The molecule has 1 aromatic carbocycles. The molecule has 0 bridgehead atoms. The van der Waals surface area contributed by atoms with Crippen molar-refractivity contribution in [3.63, 3.8) is 0 Å². The molecule has 232 valence electrons. The van der Waals surface area contributed by atoms with Crippen LogP contribution in [0.3, 0.4) is 0 Å². The van der Waals surface area contributed by atoms with Gasteiger partial charge in [0.25, 0.3) is 0 Å². The van der Waals surface area contributed by atoms with E-state index in [0.717, 1.165) is 31.4 Å². The molecule has 0 fully saturated rings. The highest BCUT2D eigenvalue weighted by atomic mass is 19.4. The maximum Gasteiger partial charge on any atom is 0.460 e. The van der Waals surface area contributed by atoms with E-state index < -0.39 is 79.5 Å². The number of ether oxygens (including phenoxy) is 2. The Morgan fingerprint density at radius 2 is 1.00 bits per heavy atom. The van der Waals surface area contributed by atoms with Crippen molar-refractivity contribution in [2.24, 2.45) is 0 Å². The fourth-order valence-corrected chi connectivity index (χ4v) is 2.80. The summed E-state index contributed by atoms with van der Waals surface area (Å²) in [6, 6.07) is 4.58. The molecular formula is C20H15F17O3. The second-order valence-corrected chi connectivity index (χ2v) is 7.97. The van der Waals surface area contributed by atoms with Crippen LogP contribution in [0.1, 0.15) is 29.6 Å². The van der Waals surface area contributed by atoms with Crippen LogP contribution in [-0.2, 0) is 4.74 Å². The second kappa shape index (κ2) is 10.9. The third-order valence-electron chi connectivity index (χ3n) is 5.22. The molecule has 0 heterocycles. The number of esters is 1. The Morgan fingerprint density at radius 1 is 0.600 bits per heavy atom. The van der Waals surface area contributed by atoms with Crippen molar-refractivity contribution in [3.8, 4) is 5.75 Å². The van der Waals surface area contributed by atoms with E-state index in [9.17, 15) is 79.4 Å². The van der Waals surface area contributed by atoms with Crippen LogP contribution in [0, 0.1) is 0 Å². The Hall–Kier alpha value is -2.70. The van der Waals surface area contributed by atoms with Gasteiger partial charge in [-0.25, -0.2) is 4.79 Å². The Bertz CT molecular complexity index is 1020. The van der Waals surface area contributed by atoms with Crippen LogP contribution in [0.15, 0.2) is 24.3 Å². The standard InChI is InChI=1S/C20H15F17O3/c1-39-12(38)10-4-6-11(7-5-10)40-9-3-2-8-13(21,22)14(23,24)15(25,26)16(27,28)17(29,30)18(31,32)19(33,34)20(35,36)37/h4-7H,2-3,8-9H2,1H3. The third kappa shape index (κ3) is 5.71. The topological polar surface area (TPSA) is 35.5 Å². The van der Waals surface area contributed by atoms with Crippen LogP contribution in [0.5, 0.6) is 5.75 Å². The first-order chi connectivity index (χ1) is 17.7. The summed E-state index contributed by atoms with van der Waals surface area (Å²) in [4.78, 5) is 11.3. The van der Waals surface area contributed by atoms with E-state index in [2.05, 4.69) is 4.74 Å². The zero-order valence-electron chi connectivity index (χ0n) is 19.3. The van der Waals surface area contributed by atoms with E-state index in [4.69, 9.17) is 4.74 Å². The number of methoxy groups -OCH3 is 1. The molecule has 0 spiro atoms. The van der Waals surface area contributed by atoms with Gasteiger partial charge in [0, 0.05) is 6.42 Å². The first-order valence-electron chi connectivity index (χ1n) is 10.2. The smallest absolute Gasteiger partial charge is 0.460 e. The second-order valence-electron chi connectivity index (χ2n) is 7.97. The van der Waals surface area contributed by atoms with Gasteiger partial charge in [0.1, 0.15) is 5.75 Å². The normalized spacial score (nSPS) is 14.8. The van der Waals surface area contributed by atoms with Gasteiger partial charge in [-0.3, -0.25) is 0 Å². The van der Waals surface area contributed by atoms with Gasteiger partial charge in [0.2, 0.25) is 0 Å². The summed E-state index contributed by atoms with van der Waals surface area (Å²) in [6.45, 7) is -0.650. The van der Waals surface area contributed by atoms with E-state index >= 15 is 0 Å². The quantitative estimate of drug-likeness (QED) is 0.126. The highest BCUT2D eigenvalue weighted by Crippen LogP contribution is 2.64. The van der Waals surface area contributed by atoms with Crippen LogP contribution in [0.4, 0.5) is 74.6 Å². The van der Waals surface area contributed by atoms with Crippen molar-refractivity contribution in [1.29, 1.82) is 0 Å². The molecule has 0 saturated heterocycles. The molecular weight excluding hydrogens is 611 g/mol. The Labute approximate surface area is 212 Å². The van der Waals surface area contributed by atoms with Crippen molar-refractivity contribution >= 4 is 5.97 Å². The van der Waals surface area contributed by atoms with Crippen LogP contribution in [-0.4, -0.2) is 67.3 Å². The Kier molecular flexibility index (Phi) is 9.66. The zero-order valence-corrected chi connectivity index (χ0v) is 19.3. The average Bonchev–Trinajstić information content (AvgIpc) is 2.82. The van der Waals surface area contributed by atoms with Gasteiger partial charge >= 0.3 is 53.6 Å².